The normalized spacial score (nSPS) is 13.4. The van der Waals surface area contributed by atoms with Crippen LogP contribution in [0.5, 0.6) is 0 Å². The molecule has 1 atom stereocenters. The zero-order valence-corrected chi connectivity index (χ0v) is 8.25. The second kappa shape index (κ2) is 3.61. The van der Waals surface area contributed by atoms with Crippen LogP contribution < -0.4 is 5.73 Å². The van der Waals surface area contributed by atoms with Gasteiger partial charge in [-0.25, -0.2) is 0 Å². The summed E-state index contributed by atoms with van der Waals surface area (Å²) < 4.78 is 0. The number of rotatable bonds is 2. The predicted octanol–water partition coefficient (Wildman–Crippen LogP) is 1.81. The number of hydrogen-bond donors (Lipinski definition) is 3. The summed E-state index contributed by atoms with van der Waals surface area (Å²) in [6, 6.07) is 7.12. The van der Waals surface area contributed by atoms with Gasteiger partial charge in [-0.3, -0.25) is 0 Å². The Hall–Kier alpha value is -1.03. The Labute approximate surface area is 86.5 Å². The van der Waals surface area contributed by atoms with Crippen LogP contribution in [0.1, 0.15) is 11.7 Å². The van der Waals surface area contributed by atoms with Crippen molar-refractivity contribution in [2.45, 2.75) is 6.04 Å². The quantitative estimate of drug-likeness (QED) is 0.708. The van der Waals surface area contributed by atoms with Crippen molar-refractivity contribution >= 4 is 22.5 Å². The summed E-state index contributed by atoms with van der Waals surface area (Å²) >= 11 is 5.85. The van der Waals surface area contributed by atoms with E-state index in [9.17, 15) is 0 Å². The van der Waals surface area contributed by atoms with Crippen LogP contribution in [-0.2, 0) is 0 Å². The van der Waals surface area contributed by atoms with Crippen molar-refractivity contribution in [2.75, 3.05) is 6.61 Å². The van der Waals surface area contributed by atoms with Crippen molar-refractivity contribution in [2.24, 2.45) is 5.73 Å². The molecule has 4 heteroatoms. The highest BCUT2D eigenvalue weighted by atomic mass is 35.5. The van der Waals surface area contributed by atoms with E-state index in [0.717, 1.165) is 16.6 Å². The van der Waals surface area contributed by atoms with Crippen molar-refractivity contribution in [3.8, 4) is 0 Å². The fraction of sp³-hybridized carbons (Fsp3) is 0.200. The van der Waals surface area contributed by atoms with Crippen molar-refractivity contribution in [1.82, 2.24) is 4.98 Å². The number of H-pyrrole nitrogens is 1. The van der Waals surface area contributed by atoms with Gasteiger partial charge in [0.15, 0.2) is 0 Å². The van der Waals surface area contributed by atoms with E-state index in [-0.39, 0.29) is 12.6 Å². The van der Waals surface area contributed by atoms with Gasteiger partial charge in [0.2, 0.25) is 0 Å². The van der Waals surface area contributed by atoms with Gasteiger partial charge in [0.1, 0.15) is 0 Å². The van der Waals surface area contributed by atoms with E-state index in [2.05, 4.69) is 4.98 Å². The second-order valence-corrected chi connectivity index (χ2v) is 3.68. The van der Waals surface area contributed by atoms with E-state index in [4.69, 9.17) is 22.4 Å². The molecule has 0 aliphatic rings. The van der Waals surface area contributed by atoms with Crippen LogP contribution >= 0.6 is 11.6 Å². The van der Waals surface area contributed by atoms with Crippen LogP contribution in [0.25, 0.3) is 10.9 Å². The lowest BCUT2D eigenvalue weighted by atomic mass is 10.2. The molecule has 1 aromatic carbocycles. The topological polar surface area (TPSA) is 62.0 Å². The largest absolute Gasteiger partial charge is 0.394 e. The minimum absolute atomic E-state index is 0.0689. The van der Waals surface area contributed by atoms with Crippen LogP contribution in [0.4, 0.5) is 0 Å². The van der Waals surface area contributed by atoms with Crippen LogP contribution in [0.3, 0.4) is 0 Å². The molecule has 0 bridgehead atoms. The summed E-state index contributed by atoms with van der Waals surface area (Å²) in [4.78, 5) is 3.13. The van der Waals surface area contributed by atoms with Gasteiger partial charge in [0, 0.05) is 21.6 Å². The minimum atomic E-state index is -0.360. The Kier molecular flexibility index (Phi) is 2.46. The summed E-state index contributed by atoms with van der Waals surface area (Å²) in [5, 5.41) is 10.6. The van der Waals surface area contributed by atoms with E-state index in [0.29, 0.717) is 5.02 Å². The Morgan fingerprint density at radius 2 is 2.21 bits per heavy atom. The molecule has 0 unspecified atom stereocenters. The van der Waals surface area contributed by atoms with E-state index < -0.39 is 0 Å². The van der Waals surface area contributed by atoms with Gasteiger partial charge in [-0.15, -0.1) is 0 Å². The average Bonchev–Trinajstić information content (AvgIpc) is 2.59. The number of aliphatic hydroxyl groups is 1. The maximum absolute atomic E-state index is 8.90. The third-order valence-corrected chi connectivity index (χ3v) is 2.43. The second-order valence-electron chi connectivity index (χ2n) is 3.25. The van der Waals surface area contributed by atoms with E-state index in [1.54, 1.807) is 0 Å². The summed E-state index contributed by atoms with van der Waals surface area (Å²) in [5.74, 6) is 0. The van der Waals surface area contributed by atoms with Gasteiger partial charge in [-0.1, -0.05) is 11.6 Å². The number of aromatic nitrogens is 1. The first-order chi connectivity index (χ1) is 6.70. The number of halogens is 1. The Morgan fingerprint density at radius 1 is 1.43 bits per heavy atom. The predicted molar refractivity (Wildman–Crippen MR) is 57.3 cm³/mol. The molecule has 2 rings (SSSR count). The molecule has 4 N–H and O–H groups in total. The molecule has 0 fully saturated rings. The van der Waals surface area contributed by atoms with Gasteiger partial charge in [-0.05, 0) is 24.3 Å². The first kappa shape index (κ1) is 9.52. The molecule has 0 saturated carbocycles. The number of hydrogen-bond acceptors (Lipinski definition) is 2. The summed E-state index contributed by atoms with van der Waals surface area (Å²) in [6.45, 7) is -0.0689. The highest BCUT2D eigenvalue weighted by molar-refractivity contribution is 6.31. The molecular weight excluding hydrogens is 200 g/mol. The molecule has 0 radical (unpaired) electrons. The third-order valence-electron chi connectivity index (χ3n) is 2.20. The Balaban J connectivity index is 2.51. The van der Waals surface area contributed by atoms with Crippen molar-refractivity contribution in [3.05, 3.63) is 35.0 Å². The van der Waals surface area contributed by atoms with Gasteiger partial charge >= 0.3 is 0 Å². The summed E-state index contributed by atoms with van der Waals surface area (Å²) in [6.07, 6.45) is 0. The van der Waals surface area contributed by atoms with Crippen molar-refractivity contribution in [1.29, 1.82) is 0 Å². The molecule has 0 aliphatic carbocycles. The van der Waals surface area contributed by atoms with E-state index in [1.165, 1.54) is 0 Å². The fourth-order valence-corrected chi connectivity index (χ4v) is 1.60. The summed E-state index contributed by atoms with van der Waals surface area (Å²) in [5.41, 5.74) is 7.49. The lowest BCUT2D eigenvalue weighted by molar-refractivity contribution is 0.266. The molecule has 0 spiro atoms. The molecule has 2 aromatic rings. The number of nitrogens with one attached hydrogen (secondary N) is 1. The molecule has 0 saturated heterocycles. The lowest BCUT2D eigenvalue weighted by Gasteiger charge is -2.03. The molecule has 1 heterocycles. The third kappa shape index (κ3) is 1.62. The van der Waals surface area contributed by atoms with Crippen molar-refractivity contribution < 1.29 is 5.11 Å². The molecular formula is C10H11ClN2O. The number of nitrogens with two attached hydrogens (primary N) is 1. The van der Waals surface area contributed by atoms with E-state index >= 15 is 0 Å². The minimum Gasteiger partial charge on any atom is -0.394 e. The zero-order valence-electron chi connectivity index (χ0n) is 7.50. The lowest BCUT2D eigenvalue weighted by Crippen LogP contribution is -2.14. The van der Waals surface area contributed by atoms with Gasteiger partial charge in [0.25, 0.3) is 0 Å². The summed E-state index contributed by atoms with van der Waals surface area (Å²) in [7, 11) is 0. The molecule has 0 aliphatic heterocycles. The van der Waals surface area contributed by atoms with Crippen LogP contribution in [0, 0.1) is 0 Å². The Morgan fingerprint density at radius 3 is 2.93 bits per heavy atom. The van der Waals surface area contributed by atoms with Crippen LogP contribution in [-0.4, -0.2) is 16.7 Å². The first-order valence-corrected chi connectivity index (χ1v) is 4.73. The maximum Gasteiger partial charge on any atom is 0.0683 e. The highest BCUT2D eigenvalue weighted by Gasteiger charge is 2.07. The van der Waals surface area contributed by atoms with Crippen LogP contribution in [0.2, 0.25) is 5.02 Å². The van der Waals surface area contributed by atoms with Crippen LogP contribution in [0.15, 0.2) is 24.3 Å². The fourth-order valence-electron chi connectivity index (χ4n) is 1.42. The van der Waals surface area contributed by atoms with Gasteiger partial charge in [0.05, 0.1) is 12.6 Å². The van der Waals surface area contributed by atoms with Crippen molar-refractivity contribution in [3.63, 3.8) is 0 Å². The zero-order chi connectivity index (χ0) is 10.1. The standard InChI is InChI=1S/C10H11ClN2O/c11-7-1-2-9-6(3-7)4-10(13-9)8(12)5-14/h1-4,8,13-14H,5,12H2/t8-/m0/s1. The SMILES string of the molecule is N[C@@H](CO)c1cc2cc(Cl)ccc2[nH]1. The number of aliphatic hydroxyl groups excluding tert-OH is 1. The number of fused-ring (bicyclic) bond motifs is 1. The Bertz CT molecular complexity index is 452. The number of aromatic amines is 1. The highest BCUT2D eigenvalue weighted by Crippen LogP contribution is 2.22. The maximum atomic E-state index is 8.90. The monoisotopic (exact) mass is 210 g/mol. The van der Waals surface area contributed by atoms with Gasteiger partial charge < -0.3 is 15.8 Å². The molecule has 3 nitrogen and oxygen atoms in total. The first-order valence-electron chi connectivity index (χ1n) is 4.35. The van der Waals surface area contributed by atoms with Gasteiger partial charge in [-0.2, -0.15) is 0 Å². The smallest absolute Gasteiger partial charge is 0.0683 e. The molecule has 74 valence electrons. The number of benzene rings is 1. The molecule has 1 aromatic heterocycles. The molecule has 14 heavy (non-hydrogen) atoms. The molecule has 0 amide bonds. The average molecular weight is 211 g/mol. The van der Waals surface area contributed by atoms with E-state index in [1.807, 2.05) is 24.3 Å².